The van der Waals surface area contributed by atoms with Crippen LogP contribution in [-0.4, -0.2) is 26.1 Å². The highest BCUT2D eigenvalue weighted by molar-refractivity contribution is 6.67. The minimum absolute atomic E-state index is 0.327. The van der Waals surface area contributed by atoms with Crippen LogP contribution in [-0.2, 0) is 0 Å². The highest BCUT2D eigenvalue weighted by Gasteiger charge is 2.16. The molecule has 0 saturated carbocycles. The fourth-order valence-corrected chi connectivity index (χ4v) is 1.97. The summed E-state index contributed by atoms with van der Waals surface area (Å²) in [6.07, 6.45) is 4.43. The lowest BCUT2D eigenvalue weighted by molar-refractivity contribution is 0.108. The molecule has 0 unspecified atom stereocenters. The Morgan fingerprint density at radius 1 is 1.10 bits per heavy atom. The minimum Gasteiger partial charge on any atom is -0.493 e. The first kappa shape index (κ1) is 16.6. The first-order valence-corrected chi connectivity index (χ1v) is 7.10. The van der Waals surface area contributed by atoms with E-state index in [-0.39, 0.29) is 0 Å². The van der Waals surface area contributed by atoms with Crippen LogP contribution in [0.1, 0.15) is 43.0 Å². The van der Waals surface area contributed by atoms with E-state index in [4.69, 9.17) is 25.8 Å². The molecule has 1 aromatic carbocycles. The van der Waals surface area contributed by atoms with Gasteiger partial charge < -0.3 is 14.2 Å². The molecule has 0 radical (unpaired) electrons. The minimum atomic E-state index is -0.554. The zero-order valence-electron chi connectivity index (χ0n) is 12.2. The molecule has 0 saturated heterocycles. The van der Waals surface area contributed by atoms with Gasteiger partial charge in [0, 0.05) is 5.56 Å². The van der Waals surface area contributed by atoms with Crippen molar-refractivity contribution in [3.8, 4) is 17.2 Å². The molecule has 1 rings (SSSR count). The standard InChI is InChI=1S/C15H21ClO4/c1-4-5-6-7-8-20-13-10-11(15(16)17)9-12(18-2)14(13)19-3/h9-10H,4-8H2,1-3H3. The number of methoxy groups -OCH3 is 2. The van der Waals surface area contributed by atoms with Gasteiger partial charge in [0.15, 0.2) is 11.5 Å². The van der Waals surface area contributed by atoms with Crippen LogP contribution < -0.4 is 14.2 Å². The maximum Gasteiger partial charge on any atom is 0.252 e. The van der Waals surface area contributed by atoms with Crippen molar-refractivity contribution < 1.29 is 19.0 Å². The summed E-state index contributed by atoms with van der Waals surface area (Å²) in [7, 11) is 3.04. The number of benzene rings is 1. The molecule has 0 atom stereocenters. The van der Waals surface area contributed by atoms with Crippen molar-refractivity contribution in [2.45, 2.75) is 32.6 Å². The Bertz CT molecular complexity index is 446. The largest absolute Gasteiger partial charge is 0.493 e. The summed E-state index contributed by atoms with van der Waals surface area (Å²) in [5.41, 5.74) is 0.327. The molecular formula is C15H21ClO4. The molecule has 112 valence electrons. The molecule has 5 heteroatoms. The van der Waals surface area contributed by atoms with Crippen molar-refractivity contribution in [1.82, 2.24) is 0 Å². The van der Waals surface area contributed by atoms with Crippen LogP contribution in [0.2, 0.25) is 0 Å². The Hall–Kier alpha value is -1.42. The third-order valence-corrected chi connectivity index (χ3v) is 3.15. The van der Waals surface area contributed by atoms with Crippen LogP contribution >= 0.6 is 11.6 Å². The van der Waals surface area contributed by atoms with E-state index in [9.17, 15) is 4.79 Å². The van der Waals surface area contributed by atoms with Crippen LogP contribution in [0.25, 0.3) is 0 Å². The summed E-state index contributed by atoms with van der Waals surface area (Å²) < 4.78 is 16.2. The van der Waals surface area contributed by atoms with Gasteiger partial charge in [-0.1, -0.05) is 26.2 Å². The molecule has 0 fully saturated rings. The molecule has 0 spiro atoms. The lowest BCUT2D eigenvalue weighted by Gasteiger charge is -2.14. The Labute approximate surface area is 125 Å². The highest BCUT2D eigenvalue weighted by Crippen LogP contribution is 2.38. The summed E-state index contributed by atoms with van der Waals surface area (Å²) in [5, 5.41) is -0.554. The van der Waals surface area contributed by atoms with Gasteiger partial charge in [0.1, 0.15) is 0 Å². The number of carbonyl (C=O) groups excluding carboxylic acids is 1. The number of unbranched alkanes of at least 4 members (excludes halogenated alkanes) is 3. The quantitative estimate of drug-likeness (QED) is 0.510. The van der Waals surface area contributed by atoms with E-state index in [0.717, 1.165) is 12.8 Å². The number of hydrogen-bond donors (Lipinski definition) is 0. The predicted octanol–water partition coefficient (Wildman–Crippen LogP) is 4.04. The maximum absolute atomic E-state index is 11.3. The van der Waals surface area contributed by atoms with Gasteiger partial charge in [-0.2, -0.15) is 0 Å². The van der Waals surface area contributed by atoms with Crippen LogP contribution in [0.4, 0.5) is 0 Å². The normalized spacial score (nSPS) is 10.2. The van der Waals surface area contributed by atoms with Crippen LogP contribution in [0.3, 0.4) is 0 Å². The monoisotopic (exact) mass is 300 g/mol. The Morgan fingerprint density at radius 3 is 2.35 bits per heavy atom. The summed E-state index contributed by atoms with van der Waals surface area (Å²) in [6.45, 7) is 2.73. The highest BCUT2D eigenvalue weighted by atomic mass is 35.5. The van der Waals surface area contributed by atoms with Gasteiger partial charge in [0.2, 0.25) is 5.75 Å². The van der Waals surface area contributed by atoms with E-state index < -0.39 is 5.24 Å². The SMILES string of the molecule is CCCCCCOc1cc(C(=O)Cl)cc(OC)c1OC. The van der Waals surface area contributed by atoms with Crippen molar-refractivity contribution >= 4 is 16.8 Å². The Kier molecular flexibility index (Phi) is 7.23. The number of ether oxygens (including phenoxy) is 3. The van der Waals surface area contributed by atoms with E-state index in [1.54, 1.807) is 6.07 Å². The van der Waals surface area contributed by atoms with Gasteiger partial charge in [-0.05, 0) is 30.2 Å². The number of halogens is 1. The summed E-state index contributed by atoms with van der Waals surface area (Å²) in [5.74, 6) is 1.39. The smallest absolute Gasteiger partial charge is 0.252 e. The Morgan fingerprint density at radius 2 is 1.80 bits per heavy atom. The van der Waals surface area contributed by atoms with E-state index in [1.165, 1.54) is 33.1 Å². The average Bonchev–Trinajstić information content (AvgIpc) is 2.45. The van der Waals surface area contributed by atoms with Crippen molar-refractivity contribution in [3.05, 3.63) is 17.7 Å². The summed E-state index contributed by atoms with van der Waals surface area (Å²) in [4.78, 5) is 11.3. The molecule has 0 N–H and O–H groups in total. The fourth-order valence-electron chi connectivity index (χ4n) is 1.86. The lowest BCUT2D eigenvalue weighted by Crippen LogP contribution is -2.03. The molecule has 1 aromatic rings. The Balaban J connectivity index is 2.85. The van der Waals surface area contributed by atoms with E-state index in [2.05, 4.69) is 6.92 Å². The van der Waals surface area contributed by atoms with Gasteiger partial charge in [-0.25, -0.2) is 0 Å². The first-order chi connectivity index (χ1) is 9.63. The van der Waals surface area contributed by atoms with Crippen LogP contribution in [0, 0.1) is 0 Å². The summed E-state index contributed by atoms with van der Waals surface area (Å²) >= 11 is 5.51. The molecule has 0 aliphatic rings. The second-order valence-electron chi connectivity index (χ2n) is 4.39. The molecule has 0 amide bonds. The second-order valence-corrected chi connectivity index (χ2v) is 4.74. The van der Waals surface area contributed by atoms with Crippen molar-refractivity contribution in [2.75, 3.05) is 20.8 Å². The van der Waals surface area contributed by atoms with Gasteiger partial charge in [0.05, 0.1) is 20.8 Å². The maximum atomic E-state index is 11.3. The molecule has 0 aliphatic carbocycles. The van der Waals surface area contributed by atoms with Crippen molar-refractivity contribution in [3.63, 3.8) is 0 Å². The first-order valence-electron chi connectivity index (χ1n) is 6.72. The number of carbonyl (C=O) groups is 1. The molecule has 0 aliphatic heterocycles. The zero-order chi connectivity index (χ0) is 15.0. The molecule has 0 heterocycles. The molecule has 4 nitrogen and oxygen atoms in total. The third-order valence-electron chi connectivity index (χ3n) is 2.93. The zero-order valence-corrected chi connectivity index (χ0v) is 13.0. The topological polar surface area (TPSA) is 44.8 Å². The van der Waals surface area contributed by atoms with Gasteiger partial charge in [-0.15, -0.1) is 0 Å². The average molecular weight is 301 g/mol. The van der Waals surface area contributed by atoms with Crippen LogP contribution in [0.15, 0.2) is 12.1 Å². The van der Waals surface area contributed by atoms with Gasteiger partial charge in [-0.3, -0.25) is 4.79 Å². The molecular weight excluding hydrogens is 280 g/mol. The lowest BCUT2D eigenvalue weighted by atomic mass is 10.2. The van der Waals surface area contributed by atoms with Gasteiger partial charge >= 0.3 is 0 Å². The molecule has 0 aromatic heterocycles. The summed E-state index contributed by atoms with van der Waals surface area (Å²) in [6, 6.07) is 3.12. The van der Waals surface area contributed by atoms with Gasteiger partial charge in [0.25, 0.3) is 5.24 Å². The van der Waals surface area contributed by atoms with Crippen LogP contribution in [0.5, 0.6) is 17.2 Å². The number of rotatable bonds is 9. The fraction of sp³-hybridized carbons (Fsp3) is 0.533. The molecule has 20 heavy (non-hydrogen) atoms. The van der Waals surface area contributed by atoms with E-state index in [1.807, 2.05) is 0 Å². The third kappa shape index (κ3) is 4.60. The molecule has 0 bridgehead atoms. The second kappa shape index (κ2) is 8.69. The van der Waals surface area contributed by atoms with Crippen molar-refractivity contribution in [1.29, 1.82) is 0 Å². The number of hydrogen-bond acceptors (Lipinski definition) is 4. The van der Waals surface area contributed by atoms with E-state index in [0.29, 0.717) is 29.4 Å². The van der Waals surface area contributed by atoms with E-state index >= 15 is 0 Å². The van der Waals surface area contributed by atoms with Crippen molar-refractivity contribution in [2.24, 2.45) is 0 Å². The predicted molar refractivity (Wildman–Crippen MR) is 79.4 cm³/mol.